The number of aliphatic hydroxyl groups is 1. The van der Waals surface area contributed by atoms with Crippen LogP contribution in [0.4, 0.5) is 0 Å². The van der Waals surface area contributed by atoms with Crippen molar-refractivity contribution in [3.63, 3.8) is 0 Å². The van der Waals surface area contributed by atoms with Gasteiger partial charge in [0.25, 0.3) is 11.7 Å². The number of methoxy groups -OCH3 is 1. The van der Waals surface area contributed by atoms with E-state index in [1.807, 2.05) is 30.3 Å². The normalized spacial score (nSPS) is 17.4. The summed E-state index contributed by atoms with van der Waals surface area (Å²) in [6, 6.07) is 22.1. The summed E-state index contributed by atoms with van der Waals surface area (Å²) < 4.78 is 11.1. The molecule has 1 aliphatic rings. The number of ketones is 1. The minimum atomic E-state index is -0.796. The van der Waals surface area contributed by atoms with Gasteiger partial charge in [-0.2, -0.15) is 0 Å². The molecule has 168 valence electrons. The Morgan fingerprint density at radius 2 is 1.67 bits per heavy atom. The van der Waals surface area contributed by atoms with Gasteiger partial charge < -0.3 is 19.5 Å². The summed E-state index contributed by atoms with van der Waals surface area (Å²) in [6.45, 7) is 0.428. The molecule has 0 aliphatic carbocycles. The molecule has 33 heavy (non-hydrogen) atoms. The molecule has 3 aromatic carbocycles. The Balaban J connectivity index is 1.79. The van der Waals surface area contributed by atoms with E-state index in [1.54, 1.807) is 48.5 Å². The van der Waals surface area contributed by atoms with Crippen LogP contribution in [0.1, 0.15) is 17.2 Å². The van der Waals surface area contributed by atoms with Crippen molar-refractivity contribution in [2.75, 3.05) is 20.3 Å². The van der Waals surface area contributed by atoms with E-state index in [0.29, 0.717) is 27.6 Å². The minimum absolute atomic E-state index is 0.00952. The Morgan fingerprint density at radius 3 is 2.36 bits per heavy atom. The second kappa shape index (κ2) is 9.90. The summed E-state index contributed by atoms with van der Waals surface area (Å²) >= 11 is 5.96. The summed E-state index contributed by atoms with van der Waals surface area (Å²) in [5.41, 5.74) is 1.04. The van der Waals surface area contributed by atoms with Gasteiger partial charge in [-0.3, -0.25) is 9.59 Å². The predicted octanol–water partition coefficient (Wildman–Crippen LogP) is 5.20. The highest BCUT2D eigenvalue weighted by Crippen LogP contribution is 2.40. The number of rotatable bonds is 7. The van der Waals surface area contributed by atoms with Gasteiger partial charge in [-0.25, -0.2) is 0 Å². The van der Waals surface area contributed by atoms with Crippen molar-refractivity contribution >= 4 is 29.1 Å². The molecule has 1 atom stereocenters. The zero-order valence-electron chi connectivity index (χ0n) is 17.9. The standard InChI is InChI=1S/C26H22ClNO5/c1-32-15-14-28-23(18-6-5-9-21(16-18)33-20-7-3-2-4-8-20)22(25(30)26(28)31)24(29)17-10-12-19(27)13-11-17/h2-13,16,23,29H,14-15H2,1H3/t23-/m0/s1. The lowest BCUT2D eigenvalue weighted by Gasteiger charge is -2.25. The second-order valence-corrected chi connectivity index (χ2v) is 7.92. The number of Topliss-reactive ketones (excluding diaryl/α,β-unsaturated/α-hetero) is 1. The molecule has 1 amide bonds. The maximum absolute atomic E-state index is 13.0. The van der Waals surface area contributed by atoms with Crippen LogP contribution >= 0.6 is 11.6 Å². The molecule has 1 heterocycles. The first-order chi connectivity index (χ1) is 16.0. The van der Waals surface area contributed by atoms with Crippen molar-refractivity contribution in [2.45, 2.75) is 6.04 Å². The van der Waals surface area contributed by atoms with E-state index < -0.39 is 17.7 Å². The van der Waals surface area contributed by atoms with Crippen molar-refractivity contribution in [3.8, 4) is 11.5 Å². The molecule has 1 aliphatic heterocycles. The number of ether oxygens (including phenoxy) is 2. The van der Waals surface area contributed by atoms with E-state index in [9.17, 15) is 14.7 Å². The van der Waals surface area contributed by atoms with Gasteiger partial charge in [0.05, 0.1) is 18.2 Å². The molecule has 0 unspecified atom stereocenters. The monoisotopic (exact) mass is 463 g/mol. The highest BCUT2D eigenvalue weighted by atomic mass is 35.5. The molecule has 1 saturated heterocycles. The van der Waals surface area contributed by atoms with Gasteiger partial charge in [-0.1, -0.05) is 41.9 Å². The Kier molecular flexibility index (Phi) is 6.77. The van der Waals surface area contributed by atoms with Crippen molar-refractivity contribution < 1.29 is 24.2 Å². The fourth-order valence-corrected chi connectivity index (χ4v) is 3.91. The van der Waals surface area contributed by atoms with Gasteiger partial charge in [0.2, 0.25) is 0 Å². The lowest BCUT2D eigenvalue weighted by Crippen LogP contribution is -2.32. The molecule has 0 radical (unpaired) electrons. The number of carbonyl (C=O) groups is 2. The van der Waals surface area contributed by atoms with Crippen LogP contribution in [0.5, 0.6) is 11.5 Å². The van der Waals surface area contributed by atoms with Crippen LogP contribution in [-0.2, 0) is 14.3 Å². The van der Waals surface area contributed by atoms with Gasteiger partial charge in [-0.15, -0.1) is 0 Å². The van der Waals surface area contributed by atoms with E-state index in [-0.39, 0.29) is 24.5 Å². The summed E-state index contributed by atoms with van der Waals surface area (Å²) in [4.78, 5) is 27.3. The molecule has 0 spiro atoms. The fraction of sp³-hybridized carbons (Fsp3) is 0.154. The van der Waals surface area contributed by atoms with Crippen molar-refractivity contribution in [2.24, 2.45) is 0 Å². The molecule has 0 bridgehead atoms. The average Bonchev–Trinajstić information content (AvgIpc) is 3.08. The first-order valence-electron chi connectivity index (χ1n) is 10.4. The maximum atomic E-state index is 13.0. The predicted molar refractivity (Wildman–Crippen MR) is 125 cm³/mol. The summed E-state index contributed by atoms with van der Waals surface area (Å²) in [5.74, 6) is -0.504. The van der Waals surface area contributed by atoms with Crippen LogP contribution in [0.15, 0.2) is 84.4 Å². The third-order valence-corrected chi connectivity index (χ3v) is 5.60. The zero-order chi connectivity index (χ0) is 23.4. The molecule has 1 N–H and O–H groups in total. The van der Waals surface area contributed by atoms with Crippen molar-refractivity contribution in [1.29, 1.82) is 0 Å². The lowest BCUT2D eigenvalue weighted by atomic mass is 9.95. The SMILES string of the molecule is COCCN1C(=O)C(=O)C(=C(O)c2ccc(Cl)cc2)[C@@H]1c1cccc(Oc2ccccc2)c1. The molecule has 0 saturated carbocycles. The number of benzene rings is 3. The molecular formula is C26H22ClNO5. The zero-order valence-corrected chi connectivity index (χ0v) is 18.7. The van der Waals surface area contributed by atoms with Crippen molar-refractivity contribution in [3.05, 3.63) is 101 Å². The molecular weight excluding hydrogens is 442 g/mol. The molecule has 0 aromatic heterocycles. The van der Waals surface area contributed by atoms with E-state index in [0.717, 1.165) is 0 Å². The Labute approximate surface area is 196 Å². The number of likely N-dealkylation sites (tertiary alicyclic amines) is 1. The van der Waals surface area contributed by atoms with E-state index >= 15 is 0 Å². The van der Waals surface area contributed by atoms with Gasteiger partial charge in [0, 0.05) is 24.2 Å². The highest BCUT2D eigenvalue weighted by Gasteiger charge is 2.46. The minimum Gasteiger partial charge on any atom is -0.507 e. The number of amides is 1. The van der Waals surface area contributed by atoms with Crippen LogP contribution in [0.3, 0.4) is 0 Å². The Morgan fingerprint density at radius 1 is 0.970 bits per heavy atom. The number of aliphatic hydroxyl groups excluding tert-OH is 1. The van der Waals surface area contributed by atoms with Gasteiger partial charge in [-0.05, 0) is 54.1 Å². The number of halogens is 1. The third-order valence-electron chi connectivity index (χ3n) is 5.35. The number of carbonyl (C=O) groups excluding carboxylic acids is 2. The highest BCUT2D eigenvalue weighted by molar-refractivity contribution is 6.46. The maximum Gasteiger partial charge on any atom is 0.295 e. The van der Waals surface area contributed by atoms with E-state index in [2.05, 4.69) is 0 Å². The first kappa shape index (κ1) is 22.6. The molecule has 6 nitrogen and oxygen atoms in total. The second-order valence-electron chi connectivity index (χ2n) is 7.48. The lowest BCUT2D eigenvalue weighted by molar-refractivity contribution is -0.140. The molecule has 1 fully saturated rings. The molecule has 3 aromatic rings. The van der Waals surface area contributed by atoms with Gasteiger partial charge in [0.1, 0.15) is 17.3 Å². The van der Waals surface area contributed by atoms with Gasteiger partial charge in [0.15, 0.2) is 0 Å². The first-order valence-corrected chi connectivity index (χ1v) is 10.7. The topological polar surface area (TPSA) is 76.1 Å². The van der Waals surface area contributed by atoms with Crippen LogP contribution in [-0.4, -0.2) is 42.0 Å². The average molecular weight is 464 g/mol. The quantitative estimate of drug-likeness (QED) is 0.296. The fourth-order valence-electron chi connectivity index (χ4n) is 3.78. The summed E-state index contributed by atoms with van der Waals surface area (Å²) in [6.07, 6.45) is 0. The number of hydrogen-bond acceptors (Lipinski definition) is 5. The smallest absolute Gasteiger partial charge is 0.295 e. The van der Waals surface area contributed by atoms with Crippen molar-refractivity contribution in [1.82, 2.24) is 4.90 Å². The molecule has 7 heteroatoms. The van der Waals surface area contributed by atoms with Crippen LogP contribution in [0, 0.1) is 0 Å². The van der Waals surface area contributed by atoms with E-state index in [4.69, 9.17) is 21.1 Å². The number of para-hydroxylation sites is 1. The largest absolute Gasteiger partial charge is 0.507 e. The van der Waals surface area contributed by atoms with Crippen LogP contribution in [0.2, 0.25) is 5.02 Å². The number of hydrogen-bond donors (Lipinski definition) is 1. The van der Waals surface area contributed by atoms with E-state index in [1.165, 1.54) is 12.0 Å². The third kappa shape index (κ3) is 4.77. The number of nitrogens with zero attached hydrogens (tertiary/aromatic N) is 1. The Bertz CT molecular complexity index is 1190. The molecule has 4 rings (SSSR count). The van der Waals surface area contributed by atoms with Crippen LogP contribution in [0.25, 0.3) is 5.76 Å². The summed E-state index contributed by atoms with van der Waals surface area (Å²) in [5, 5.41) is 11.5. The summed E-state index contributed by atoms with van der Waals surface area (Å²) in [7, 11) is 1.52. The van der Waals surface area contributed by atoms with Gasteiger partial charge >= 0.3 is 0 Å². The Hall–Kier alpha value is -3.61. The van der Waals surface area contributed by atoms with Crippen LogP contribution < -0.4 is 4.74 Å².